The molecular formula is C20H17F3N4O4S2. The normalized spacial score (nSPS) is 11.4. The van der Waals surface area contributed by atoms with E-state index in [-0.39, 0.29) is 30.5 Å². The van der Waals surface area contributed by atoms with Gasteiger partial charge in [0.25, 0.3) is 5.56 Å². The number of benzene rings is 1. The Hall–Kier alpha value is -3.32. The molecule has 8 nitrogen and oxygen atoms in total. The van der Waals surface area contributed by atoms with E-state index in [0.717, 1.165) is 16.8 Å². The smallest absolute Gasteiger partial charge is 0.416 e. The lowest BCUT2D eigenvalue weighted by Gasteiger charge is -2.06. The molecule has 0 unspecified atom stereocenters. The third-order valence-electron chi connectivity index (χ3n) is 4.37. The molecule has 3 heterocycles. The summed E-state index contributed by atoms with van der Waals surface area (Å²) >= 11 is 2.49. The first-order valence-corrected chi connectivity index (χ1v) is 11.2. The first-order chi connectivity index (χ1) is 15.5. The first kappa shape index (κ1) is 24.3. The number of carboxylic acids is 1. The minimum Gasteiger partial charge on any atom is -0.481 e. The third kappa shape index (κ3) is 5.73. The van der Waals surface area contributed by atoms with Crippen molar-refractivity contribution in [1.29, 1.82) is 0 Å². The van der Waals surface area contributed by atoms with E-state index >= 15 is 0 Å². The van der Waals surface area contributed by atoms with Crippen LogP contribution in [-0.4, -0.2) is 31.7 Å². The number of amides is 1. The van der Waals surface area contributed by atoms with Gasteiger partial charge in [0.2, 0.25) is 5.91 Å². The fourth-order valence-electron chi connectivity index (χ4n) is 2.82. The van der Waals surface area contributed by atoms with Crippen molar-refractivity contribution in [2.75, 3.05) is 0 Å². The van der Waals surface area contributed by atoms with Gasteiger partial charge in [-0.15, -0.1) is 11.3 Å². The summed E-state index contributed by atoms with van der Waals surface area (Å²) in [5.74, 6) is -1.32. The zero-order chi connectivity index (χ0) is 24.3. The van der Waals surface area contributed by atoms with Crippen molar-refractivity contribution < 1.29 is 27.9 Å². The second-order valence-corrected chi connectivity index (χ2v) is 8.65. The number of aromatic nitrogens is 3. The van der Waals surface area contributed by atoms with Gasteiger partial charge in [0.05, 0.1) is 39.8 Å². The molecule has 0 saturated carbocycles. The van der Waals surface area contributed by atoms with Crippen molar-refractivity contribution in [3.63, 3.8) is 0 Å². The molecule has 1 amide bonds. The molecule has 0 bridgehead atoms. The topological polar surface area (TPSA) is 128 Å². The number of halogens is 3. The van der Waals surface area contributed by atoms with Gasteiger partial charge in [0, 0.05) is 22.6 Å². The highest BCUT2D eigenvalue weighted by Crippen LogP contribution is 2.33. The maximum atomic E-state index is 12.9. The Labute approximate surface area is 192 Å². The van der Waals surface area contributed by atoms with E-state index in [1.807, 2.05) is 0 Å². The lowest BCUT2D eigenvalue weighted by Crippen LogP contribution is -2.26. The van der Waals surface area contributed by atoms with Crippen molar-refractivity contribution >= 4 is 55.5 Å². The molecule has 3 N–H and O–H groups in total. The molecule has 0 aliphatic heterocycles. The Morgan fingerprint density at radius 1 is 1.21 bits per heavy atom. The zero-order valence-corrected chi connectivity index (χ0v) is 18.7. The molecule has 33 heavy (non-hydrogen) atoms. The summed E-state index contributed by atoms with van der Waals surface area (Å²) in [5.41, 5.74) is 4.70. The molecule has 1 aromatic carbocycles. The maximum Gasteiger partial charge on any atom is 0.416 e. The van der Waals surface area contributed by atoms with E-state index in [4.69, 9.17) is 10.8 Å². The lowest BCUT2D eigenvalue weighted by atomic mass is 10.2. The third-order valence-corrected chi connectivity index (χ3v) is 6.13. The molecule has 0 spiro atoms. The summed E-state index contributed by atoms with van der Waals surface area (Å²) in [6.45, 7) is 1.58. The molecule has 0 fully saturated rings. The van der Waals surface area contributed by atoms with Gasteiger partial charge < -0.3 is 10.8 Å². The van der Waals surface area contributed by atoms with Gasteiger partial charge in [-0.1, -0.05) is 6.92 Å². The minimum absolute atomic E-state index is 0.0168. The number of nitrogens with two attached hydrogens (primary N) is 1. The highest BCUT2D eigenvalue weighted by Gasteiger charge is 2.30. The van der Waals surface area contributed by atoms with Crippen LogP contribution in [0.5, 0.6) is 0 Å². The van der Waals surface area contributed by atoms with Crippen LogP contribution in [0.25, 0.3) is 21.0 Å². The Balaban J connectivity index is 0.000000555. The first-order valence-electron chi connectivity index (χ1n) is 9.42. The summed E-state index contributed by atoms with van der Waals surface area (Å²) in [7, 11) is 0. The van der Waals surface area contributed by atoms with E-state index in [0.29, 0.717) is 26.2 Å². The number of fused-ring (bicyclic) bond motifs is 2. The van der Waals surface area contributed by atoms with Gasteiger partial charge in [0.1, 0.15) is 5.01 Å². The van der Waals surface area contributed by atoms with Crippen LogP contribution < -0.4 is 11.3 Å². The molecule has 0 saturated heterocycles. The van der Waals surface area contributed by atoms with Crippen LogP contribution in [0.2, 0.25) is 0 Å². The number of thiazole rings is 1. The van der Waals surface area contributed by atoms with Gasteiger partial charge in [-0.05, 0) is 18.2 Å². The number of hydrogen-bond donors (Lipinski definition) is 2. The Morgan fingerprint density at radius 3 is 2.48 bits per heavy atom. The Morgan fingerprint density at radius 2 is 1.88 bits per heavy atom. The molecule has 4 aromatic rings. The van der Waals surface area contributed by atoms with Crippen LogP contribution in [0.15, 0.2) is 33.8 Å². The summed E-state index contributed by atoms with van der Waals surface area (Å²) in [6.07, 6.45) is -4.35. The molecule has 3 aromatic heterocycles. The van der Waals surface area contributed by atoms with Crippen LogP contribution >= 0.6 is 22.7 Å². The monoisotopic (exact) mass is 498 g/mol. The molecule has 0 atom stereocenters. The van der Waals surface area contributed by atoms with Crippen LogP contribution in [-0.2, 0) is 28.7 Å². The SMILES string of the molecule is CCC(=O)O.NC(=O)Cc1nn(Cc2nc3cc(C(F)(F)F)ccc3s2)c(=O)c2cscc12. The number of primary amides is 1. The molecule has 0 aliphatic rings. The van der Waals surface area contributed by atoms with Crippen LogP contribution in [0.3, 0.4) is 0 Å². The van der Waals surface area contributed by atoms with E-state index in [1.165, 1.54) is 28.7 Å². The number of hydrogen-bond acceptors (Lipinski definition) is 7. The predicted molar refractivity (Wildman–Crippen MR) is 118 cm³/mol. The fraction of sp³-hybridized carbons (Fsp3) is 0.250. The summed E-state index contributed by atoms with van der Waals surface area (Å²) in [4.78, 5) is 37.5. The van der Waals surface area contributed by atoms with Gasteiger partial charge in [-0.25, -0.2) is 9.67 Å². The number of alkyl halides is 3. The van der Waals surface area contributed by atoms with E-state index < -0.39 is 23.6 Å². The van der Waals surface area contributed by atoms with Crippen LogP contribution in [0.1, 0.15) is 29.6 Å². The second-order valence-electron chi connectivity index (χ2n) is 6.79. The van der Waals surface area contributed by atoms with Gasteiger partial charge in [-0.3, -0.25) is 14.4 Å². The van der Waals surface area contributed by atoms with E-state index in [2.05, 4.69) is 10.1 Å². The van der Waals surface area contributed by atoms with Gasteiger partial charge in [0.15, 0.2) is 0 Å². The van der Waals surface area contributed by atoms with Crippen molar-refractivity contribution in [3.05, 3.63) is 55.6 Å². The van der Waals surface area contributed by atoms with Crippen molar-refractivity contribution in [1.82, 2.24) is 14.8 Å². The van der Waals surface area contributed by atoms with E-state index in [1.54, 1.807) is 17.7 Å². The van der Waals surface area contributed by atoms with Crippen LogP contribution in [0.4, 0.5) is 13.2 Å². The number of carbonyl (C=O) groups is 2. The number of nitrogens with zero attached hydrogens (tertiary/aromatic N) is 3. The maximum absolute atomic E-state index is 12.9. The number of carboxylic acid groups (broad SMARTS) is 1. The Kier molecular flexibility index (Phi) is 7.12. The van der Waals surface area contributed by atoms with Gasteiger partial charge >= 0.3 is 12.1 Å². The largest absolute Gasteiger partial charge is 0.481 e. The molecular weight excluding hydrogens is 481 g/mol. The molecule has 0 radical (unpaired) electrons. The fourth-order valence-corrected chi connectivity index (χ4v) is 4.58. The van der Waals surface area contributed by atoms with Crippen molar-refractivity contribution in [3.8, 4) is 0 Å². The average Bonchev–Trinajstić information content (AvgIpc) is 3.37. The number of aliphatic carboxylic acids is 1. The standard InChI is InChI=1S/C17H11F3N4O2S2.C3H6O2/c18-17(19,20)8-1-2-13-12(3-8)22-15(28-13)5-24-16(26)10-7-27-6-9(10)11(23-24)4-14(21)25;1-2-3(4)5/h1-3,6-7H,4-5H2,(H2,21,25);2H2,1H3,(H,4,5). The lowest BCUT2D eigenvalue weighted by molar-refractivity contribution is -0.138. The van der Waals surface area contributed by atoms with Crippen molar-refractivity contribution in [2.24, 2.45) is 5.73 Å². The Bertz CT molecular complexity index is 1390. The average molecular weight is 499 g/mol. The number of rotatable bonds is 5. The summed E-state index contributed by atoms with van der Waals surface area (Å²) < 4.78 is 40.4. The minimum atomic E-state index is -4.45. The molecule has 4 rings (SSSR count). The summed E-state index contributed by atoms with van der Waals surface area (Å²) in [5, 5.41) is 16.8. The predicted octanol–water partition coefficient (Wildman–Crippen LogP) is 3.64. The van der Waals surface area contributed by atoms with Crippen LogP contribution in [0, 0.1) is 0 Å². The van der Waals surface area contributed by atoms with E-state index in [9.17, 15) is 27.6 Å². The quantitative estimate of drug-likeness (QED) is 0.432. The van der Waals surface area contributed by atoms with Gasteiger partial charge in [-0.2, -0.15) is 29.6 Å². The molecule has 0 aliphatic carbocycles. The second kappa shape index (κ2) is 9.67. The van der Waals surface area contributed by atoms with Crippen molar-refractivity contribution in [2.45, 2.75) is 32.5 Å². The zero-order valence-electron chi connectivity index (χ0n) is 17.0. The molecule has 174 valence electrons. The number of carbonyl (C=O) groups excluding carboxylic acids is 1. The highest BCUT2D eigenvalue weighted by atomic mass is 32.1. The number of thiophene rings is 1. The molecule has 13 heteroatoms. The summed E-state index contributed by atoms with van der Waals surface area (Å²) in [6, 6.07) is 3.33. The highest BCUT2D eigenvalue weighted by molar-refractivity contribution is 7.18.